The number of rotatable bonds is 5. The quantitative estimate of drug-likeness (QED) is 0.189. The Bertz CT molecular complexity index is 1710. The van der Waals surface area contributed by atoms with Crippen molar-refractivity contribution in [1.82, 2.24) is 20.2 Å². The molecule has 0 spiro atoms. The molecule has 8 nitrogen and oxygen atoms in total. The summed E-state index contributed by atoms with van der Waals surface area (Å²) in [6, 6.07) is 20.2. The number of carbonyl (C=O) groups is 1. The summed E-state index contributed by atoms with van der Waals surface area (Å²) in [7, 11) is 0. The summed E-state index contributed by atoms with van der Waals surface area (Å²) >= 11 is 0. The Kier molecular flexibility index (Phi) is 7.13. The van der Waals surface area contributed by atoms with Crippen LogP contribution in [0.15, 0.2) is 84.9 Å². The molecule has 0 aliphatic rings. The highest BCUT2D eigenvalue weighted by molar-refractivity contribution is 6.01. The molecular weight excluding hydrogens is 552 g/mol. The molecule has 0 aliphatic carbocycles. The Morgan fingerprint density at radius 2 is 1.34 bits per heavy atom. The van der Waals surface area contributed by atoms with E-state index in [9.17, 15) is 31.1 Å². The van der Waals surface area contributed by atoms with Crippen molar-refractivity contribution in [1.29, 1.82) is 0 Å². The molecule has 41 heavy (non-hydrogen) atoms. The van der Waals surface area contributed by atoms with E-state index in [1.165, 1.54) is 12.1 Å². The maximum absolute atomic E-state index is 13.5. The van der Waals surface area contributed by atoms with Gasteiger partial charge >= 0.3 is 18.4 Å². The van der Waals surface area contributed by atoms with E-state index in [-0.39, 0.29) is 29.1 Å². The Morgan fingerprint density at radius 3 is 2.00 bits per heavy atom. The van der Waals surface area contributed by atoms with Gasteiger partial charge in [-0.3, -0.25) is 5.32 Å². The first-order valence-corrected chi connectivity index (χ1v) is 11.8. The van der Waals surface area contributed by atoms with E-state index in [1.54, 1.807) is 24.3 Å². The van der Waals surface area contributed by atoms with Crippen molar-refractivity contribution >= 4 is 40.1 Å². The number of fused-ring (bicyclic) bond motifs is 1. The topological polar surface area (TPSA) is 105 Å². The molecule has 0 saturated heterocycles. The molecular formula is C27H17F6N7O. The van der Waals surface area contributed by atoms with Gasteiger partial charge < -0.3 is 10.6 Å². The summed E-state index contributed by atoms with van der Waals surface area (Å²) in [6.45, 7) is 0. The molecule has 0 aliphatic heterocycles. The van der Waals surface area contributed by atoms with Gasteiger partial charge in [0.05, 0.1) is 22.6 Å². The molecule has 0 atom stereocenters. The van der Waals surface area contributed by atoms with Crippen molar-refractivity contribution in [3.63, 3.8) is 0 Å². The normalized spacial score (nSPS) is 11.8. The number of hydrogen-bond acceptors (Lipinski definition) is 6. The van der Waals surface area contributed by atoms with Gasteiger partial charge in [0.15, 0.2) is 11.5 Å². The first kappa shape index (κ1) is 27.3. The van der Waals surface area contributed by atoms with E-state index in [0.29, 0.717) is 5.69 Å². The fraction of sp³-hybridized carbons (Fsp3) is 0.0741. The standard InChI is InChI=1S/C27H17F6N7O/c28-26(29,30)17-14-21(27(31,32)33)36-24-16(17)10-12-22(37-24)34-19-8-4-5-9-20(19)35-25(41)38-23-13-11-18(39-40-23)15-6-2-1-3-7-15/h1-14H,(H,34,36,37)(H2,35,38,40,41). The molecule has 0 fully saturated rings. The Labute approximate surface area is 227 Å². The lowest BCUT2D eigenvalue weighted by Crippen LogP contribution is -2.21. The van der Waals surface area contributed by atoms with Crippen LogP contribution in [0.25, 0.3) is 22.3 Å². The average Bonchev–Trinajstić information content (AvgIpc) is 2.93. The summed E-state index contributed by atoms with van der Waals surface area (Å²) in [4.78, 5) is 19.8. The zero-order chi connectivity index (χ0) is 29.2. The number of amides is 2. The van der Waals surface area contributed by atoms with E-state index in [1.807, 2.05) is 30.3 Å². The van der Waals surface area contributed by atoms with Crippen LogP contribution in [0.2, 0.25) is 0 Å². The molecule has 5 rings (SSSR count). The first-order valence-electron chi connectivity index (χ1n) is 11.8. The predicted molar refractivity (Wildman–Crippen MR) is 139 cm³/mol. The van der Waals surface area contributed by atoms with Crippen LogP contribution in [0.5, 0.6) is 0 Å². The van der Waals surface area contributed by atoms with Crippen molar-refractivity contribution < 1.29 is 31.1 Å². The van der Waals surface area contributed by atoms with Gasteiger partial charge in [-0.1, -0.05) is 42.5 Å². The van der Waals surface area contributed by atoms with Crippen molar-refractivity contribution in [3.8, 4) is 11.3 Å². The number of para-hydroxylation sites is 2. The lowest BCUT2D eigenvalue weighted by Gasteiger charge is -2.15. The van der Waals surface area contributed by atoms with E-state index in [4.69, 9.17) is 0 Å². The number of urea groups is 1. The molecule has 2 amide bonds. The SMILES string of the molecule is O=C(Nc1ccc(-c2ccccc2)nn1)Nc1ccccc1Nc1ccc2c(C(F)(F)F)cc(C(F)(F)F)nc2n1. The zero-order valence-electron chi connectivity index (χ0n) is 20.5. The molecule has 5 aromatic rings. The monoisotopic (exact) mass is 569 g/mol. The second kappa shape index (κ2) is 10.7. The van der Waals surface area contributed by atoms with Gasteiger partial charge in [0, 0.05) is 10.9 Å². The van der Waals surface area contributed by atoms with Gasteiger partial charge in [-0.15, -0.1) is 10.2 Å². The Hall–Kier alpha value is -5.27. The van der Waals surface area contributed by atoms with Crippen LogP contribution >= 0.6 is 0 Å². The highest BCUT2D eigenvalue weighted by Gasteiger charge is 2.39. The zero-order valence-corrected chi connectivity index (χ0v) is 20.5. The smallest absolute Gasteiger partial charge is 0.338 e. The van der Waals surface area contributed by atoms with Crippen LogP contribution in [0, 0.1) is 0 Å². The number of pyridine rings is 2. The van der Waals surface area contributed by atoms with Gasteiger partial charge in [0.1, 0.15) is 11.5 Å². The van der Waals surface area contributed by atoms with Crippen LogP contribution in [-0.4, -0.2) is 26.2 Å². The van der Waals surface area contributed by atoms with Crippen LogP contribution in [0.4, 0.5) is 54.1 Å². The largest absolute Gasteiger partial charge is 0.433 e. The minimum atomic E-state index is -5.12. The van der Waals surface area contributed by atoms with Crippen LogP contribution in [-0.2, 0) is 12.4 Å². The summed E-state index contributed by atoms with van der Waals surface area (Å²) in [6.07, 6.45) is -10.2. The first-order chi connectivity index (χ1) is 19.5. The molecule has 2 aromatic carbocycles. The van der Waals surface area contributed by atoms with Gasteiger partial charge in [0.2, 0.25) is 0 Å². The Balaban J connectivity index is 1.35. The van der Waals surface area contributed by atoms with E-state index < -0.39 is 40.7 Å². The second-order valence-corrected chi connectivity index (χ2v) is 8.54. The third kappa shape index (κ3) is 6.32. The highest BCUT2D eigenvalue weighted by Crippen LogP contribution is 2.38. The summed E-state index contributed by atoms with van der Waals surface area (Å²) in [5, 5.41) is 15.4. The van der Waals surface area contributed by atoms with Crippen LogP contribution in [0.1, 0.15) is 11.3 Å². The van der Waals surface area contributed by atoms with Crippen molar-refractivity contribution in [2.45, 2.75) is 12.4 Å². The molecule has 0 bridgehead atoms. The predicted octanol–water partition coefficient (Wildman–Crippen LogP) is 7.51. The Morgan fingerprint density at radius 1 is 0.659 bits per heavy atom. The number of anilines is 4. The molecule has 3 aromatic heterocycles. The van der Waals surface area contributed by atoms with E-state index in [2.05, 4.69) is 36.1 Å². The average molecular weight is 569 g/mol. The lowest BCUT2D eigenvalue weighted by atomic mass is 10.1. The maximum atomic E-state index is 13.5. The van der Waals surface area contributed by atoms with Gasteiger partial charge in [-0.2, -0.15) is 26.3 Å². The van der Waals surface area contributed by atoms with Gasteiger partial charge in [0.25, 0.3) is 0 Å². The molecule has 14 heteroatoms. The second-order valence-electron chi connectivity index (χ2n) is 8.54. The molecule has 3 heterocycles. The maximum Gasteiger partial charge on any atom is 0.433 e. The fourth-order valence-corrected chi connectivity index (χ4v) is 3.82. The molecule has 0 unspecified atom stereocenters. The van der Waals surface area contributed by atoms with Crippen LogP contribution in [0.3, 0.4) is 0 Å². The van der Waals surface area contributed by atoms with Crippen LogP contribution < -0.4 is 16.0 Å². The van der Waals surface area contributed by atoms with Crippen molar-refractivity contribution in [3.05, 3.63) is 96.2 Å². The third-order valence-corrected chi connectivity index (χ3v) is 5.68. The van der Waals surface area contributed by atoms with Gasteiger partial charge in [-0.05, 0) is 42.5 Å². The number of benzene rings is 2. The number of halogens is 6. The van der Waals surface area contributed by atoms with E-state index >= 15 is 0 Å². The minimum Gasteiger partial charge on any atom is -0.338 e. The lowest BCUT2D eigenvalue weighted by molar-refractivity contribution is -0.144. The number of alkyl halides is 6. The summed E-state index contributed by atoms with van der Waals surface area (Å²) in [5.74, 6) is 0.0605. The summed E-state index contributed by atoms with van der Waals surface area (Å²) < 4.78 is 80.1. The molecule has 0 saturated carbocycles. The third-order valence-electron chi connectivity index (χ3n) is 5.68. The molecule has 3 N–H and O–H groups in total. The molecule has 0 radical (unpaired) electrons. The van der Waals surface area contributed by atoms with E-state index in [0.717, 1.165) is 17.7 Å². The number of carbonyl (C=O) groups excluding carboxylic acids is 1. The number of aromatic nitrogens is 4. The fourth-order valence-electron chi connectivity index (χ4n) is 3.82. The van der Waals surface area contributed by atoms with Crippen molar-refractivity contribution in [2.24, 2.45) is 0 Å². The molecule has 208 valence electrons. The summed E-state index contributed by atoms with van der Waals surface area (Å²) in [5.41, 5.74) is -2.05. The highest BCUT2D eigenvalue weighted by atomic mass is 19.4. The van der Waals surface area contributed by atoms with Crippen molar-refractivity contribution in [2.75, 3.05) is 16.0 Å². The minimum absolute atomic E-state index is 0.0471. The number of hydrogen-bond donors (Lipinski definition) is 3. The van der Waals surface area contributed by atoms with Gasteiger partial charge in [-0.25, -0.2) is 14.8 Å². The number of nitrogens with zero attached hydrogens (tertiary/aromatic N) is 4. The number of nitrogens with one attached hydrogen (secondary N) is 3.